The van der Waals surface area contributed by atoms with E-state index in [1.807, 2.05) is 11.3 Å². The molecule has 2 rings (SSSR count). The van der Waals surface area contributed by atoms with E-state index in [-0.39, 0.29) is 0 Å². The molecule has 3 atom stereocenters. The maximum absolute atomic E-state index is 3.88. The van der Waals surface area contributed by atoms with Crippen molar-refractivity contribution in [1.82, 2.24) is 0 Å². The Hall–Kier alpha value is 0.180. The zero-order valence-corrected chi connectivity index (χ0v) is 12.4. The highest BCUT2D eigenvalue weighted by Crippen LogP contribution is 2.38. The van der Waals surface area contributed by atoms with Gasteiger partial charge in [-0.3, -0.25) is 0 Å². The van der Waals surface area contributed by atoms with Crippen LogP contribution in [0.5, 0.6) is 0 Å². The standard InChI is InChI=1S/C14H21BrS/c1-2-4-11-6-7-14(15)12(9-11)10-13-5-3-8-16-13/h3,5,8,11-12,14H,2,4,6-7,9-10H2,1H3. The molecule has 0 nitrogen and oxygen atoms in total. The first-order chi connectivity index (χ1) is 7.79. The van der Waals surface area contributed by atoms with Gasteiger partial charge in [-0.15, -0.1) is 11.3 Å². The first kappa shape index (κ1) is 12.6. The summed E-state index contributed by atoms with van der Waals surface area (Å²) in [7, 11) is 0. The molecule has 3 unspecified atom stereocenters. The van der Waals surface area contributed by atoms with Crippen molar-refractivity contribution in [1.29, 1.82) is 0 Å². The minimum Gasteiger partial charge on any atom is -0.149 e. The predicted octanol–water partition coefficient (Wildman–Crippen LogP) is 5.27. The van der Waals surface area contributed by atoms with Crippen molar-refractivity contribution in [3.8, 4) is 0 Å². The Kier molecular flexibility index (Phi) is 4.90. The molecule has 0 radical (unpaired) electrons. The lowest BCUT2D eigenvalue weighted by Crippen LogP contribution is -2.26. The van der Waals surface area contributed by atoms with E-state index in [1.54, 1.807) is 4.88 Å². The van der Waals surface area contributed by atoms with Crippen LogP contribution < -0.4 is 0 Å². The van der Waals surface area contributed by atoms with E-state index >= 15 is 0 Å². The third-order valence-corrected chi connectivity index (χ3v) is 5.84. The molecule has 1 aliphatic carbocycles. The molecule has 0 amide bonds. The van der Waals surface area contributed by atoms with Gasteiger partial charge in [-0.25, -0.2) is 0 Å². The van der Waals surface area contributed by atoms with Crippen molar-refractivity contribution in [2.75, 3.05) is 0 Å². The van der Waals surface area contributed by atoms with Gasteiger partial charge in [0.2, 0.25) is 0 Å². The quantitative estimate of drug-likeness (QED) is 0.665. The van der Waals surface area contributed by atoms with Crippen LogP contribution in [-0.4, -0.2) is 4.83 Å². The highest BCUT2D eigenvalue weighted by molar-refractivity contribution is 9.09. The second-order valence-electron chi connectivity index (χ2n) is 5.03. The van der Waals surface area contributed by atoms with Crippen LogP contribution in [0.4, 0.5) is 0 Å². The zero-order valence-electron chi connectivity index (χ0n) is 9.99. The molecule has 2 heteroatoms. The van der Waals surface area contributed by atoms with Gasteiger partial charge in [0.1, 0.15) is 0 Å². The molecule has 0 aromatic carbocycles. The smallest absolute Gasteiger partial charge is 0.0177 e. The van der Waals surface area contributed by atoms with Gasteiger partial charge in [0.15, 0.2) is 0 Å². The van der Waals surface area contributed by atoms with Crippen molar-refractivity contribution < 1.29 is 0 Å². The average molecular weight is 301 g/mol. The van der Waals surface area contributed by atoms with E-state index in [1.165, 1.54) is 38.5 Å². The van der Waals surface area contributed by atoms with Gasteiger partial charge in [0.05, 0.1) is 0 Å². The summed E-state index contributed by atoms with van der Waals surface area (Å²) in [6.07, 6.45) is 8.31. The lowest BCUT2D eigenvalue weighted by Gasteiger charge is -2.33. The summed E-state index contributed by atoms with van der Waals surface area (Å²) in [5.74, 6) is 1.85. The van der Waals surface area contributed by atoms with Gasteiger partial charge in [0.25, 0.3) is 0 Å². The van der Waals surface area contributed by atoms with E-state index in [4.69, 9.17) is 0 Å². The first-order valence-corrected chi connectivity index (χ1v) is 8.25. The number of halogens is 1. The van der Waals surface area contributed by atoms with Crippen molar-refractivity contribution in [3.05, 3.63) is 22.4 Å². The SMILES string of the molecule is CCCC1CCC(Br)C(Cc2cccs2)C1. The highest BCUT2D eigenvalue weighted by atomic mass is 79.9. The predicted molar refractivity (Wildman–Crippen MR) is 76.5 cm³/mol. The van der Waals surface area contributed by atoms with Crippen LogP contribution in [-0.2, 0) is 6.42 Å². The van der Waals surface area contributed by atoms with Gasteiger partial charge in [-0.1, -0.05) is 41.8 Å². The third kappa shape index (κ3) is 3.33. The van der Waals surface area contributed by atoms with Crippen LogP contribution in [0.15, 0.2) is 17.5 Å². The molecule has 16 heavy (non-hydrogen) atoms. The van der Waals surface area contributed by atoms with Gasteiger partial charge in [-0.2, -0.15) is 0 Å². The van der Waals surface area contributed by atoms with Crippen LogP contribution >= 0.6 is 27.3 Å². The van der Waals surface area contributed by atoms with Crippen molar-refractivity contribution in [3.63, 3.8) is 0 Å². The topological polar surface area (TPSA) is 0 Å². The van der Waals surface area contributed by atoms with Crippen LogP contribution in [0.1, 0.15) is 43.9 Å². The molecule has 0 spiro atoms. The molecule has 0 bridgehead atoms. The molecular formula is C14H21BrS. The summed E-state index contributed by atoms with van der Waals surface area (Å²) in [4.78, 5) is 2.31. The van der Waals surface area contributed by atoms with E-state index in [2.05, 4.69) is 40.4 Å². The van der Waals surface area contributed by atoms with E-state index < -0.39 is 0 Å². The average Bonchev–Trinajstić information content (AvgIpc) is 2.76. The molecule has 1 aromatic heterocycles. The van der Waals surface area contributed by atoms with Gasteiger partial charge in [-0.05, 0) is 49.0 Å². The Bertz CT molecular complexity index is 294. The van der Waals surface area contributed by atoms with Crippen LogP contribution in [0.2, 0.25) is 0 Å². The Morgan fingerprint density at radius 2 is 2.31 bits per heavy atom. The maximum Gasteiger partial charge on any atom is 0.0177 e. The van der Waals surface area contributed by atoms with E-state index in [0.717, 1.165) is 16.7 Å². The minimum atomic E-state index is 0.753. The van der Waals surface area contributed by atoms with Gasteiger partial charge in [0, 0.05) is 9.70 Å². The minimum absolute atomic E-state index is 0.753. The van der Waals surface area contributed by atoms with Crippen molar-refractivity contribution in [2.24, 2.45) is 11.8 Å². The molecule has 0 aliphatic heterocycles. The highest BCUT2D eigenvalue weighted by Gasteiger charge is 2.28. The largest absolute Gasteiger partial charge is 0.149 e. The lowest BCUT2D eigenvalue weighted by atomic mass is 9.78. The fraction of sp³-hybridized carbons (Fsp3) is 0.714. The molecule has 1 aliphatic rings. The number of alkyl halides is 1. The molecule has 1 saturated carbocycles. The second kappa shape index (κ2) is 6.20. The summed E-state index contributed by atoms with van der Waals surface area (Å²) in [6.45, 7) is 2.31. The van der Waals surface area contributed by atoms with Crippen LogP contribution in [0, 0.1) is 11.8 Å². The Morgan fingerprint density at radius 3 is 3.00 bits per heavy atom. The molecule has 0 N–H and O–H groups in total. The van der Waals surface area contributed by atoms with Crippen molar-refractivity contribution in [2.45, 2.75) is 50.3 Å². The summed E-state index contributed by atoms with van der Waals surface area (Å²) in [5.41, 5.74) is 0. The zero-order chi connectivity index (χ0) is 11.4. The number of hydrogen-bond donors (Lipinski definition) is 0. The Labute approximate surface area is 112 Å². The fourth-order valence-corrected chi connectivity index (χ4v) is 4.36. The molecular weight excluding hydrogens is 280 g/mol. The number of thiophene rings is 1. The van der Waals surface area contributed by atoms with Crippen molar-refractivity contribution >= 4 is 27.3 Å². The lowest BCUT2D eigenvalue weighted by molar-refractivity contribution is 0.264. The molecule has 0 saturated heterocycles. The van der Waals surface area contributed by atoms with Gasteiger partial charge >= 0.3 is 0 Å². The summed E-state index contributed by atoms with van der Waals surface area (Å²) in [6, 6.07) is 4.46. The number of hydrogen-bond acceptors (Lipinski definition) is 1. The van der Waals surface area contributed by atoms with Crippen LogP contribution in [0.25, 0.3) is 0 Å². The Balaban J connectivity index is 1.91. The van der Waals surface area contributed by atoms with Gasteiger partial charge < -0.3 is 0 Å². The normalized spacial score (nSPS) is 30.5. The Morgan fingerprint density at radius 1 is 1.44 bits per heavy atom. The van der Waals surface area contributed by atoms with E-state index in [0.29, 0.717) is 0 Å². The third-order valence-electron chi connectivity index (χ3n) is 3.74. The van der Waals surface area contributed by atoms with Crippen LogP contribution in [0.3, 0.4) is 0 Å². The fourth-order valence-electron chi connectivity index (χ4n) is 2.89. The molecule has 90 valence electrons. The first-order valence-electron chi connectivity index (χ1n) is 6.46. The monoisotopic (exact) mass is 300 g/mol. The molecule has 1 heterocycles. The van der Waals surface area contributed by atoms with E-state index in [9.17, 15) is 0 Å². The maximum atomic E-state index is 3.88. The molecule has 1 fully saturated rings. The molecule has 1 aromatic rings. The number of rotatable bonds is 4. The second-order valence-corrected chi connectivity index (χ2v) is 7.24. The summed E-state index contributed by atoms with van der Waals surface area (Å²) < 4.78 is 0. The summed E-state index contributed by atoms with van der Waals surface area (Å²) in [5, 5.41) is 2.20. The summed E-state index contributed by atoms with van der Waals surface area (Å²) >= 11 is 5.80.